The van der Waals surface area contributed by atoms with Crippen LogP contribution in [0.15, 0.2) is 42.5 Å². The average Bonchev–Trinajstić information content (AvgIpc) is 2.67. The lowest BCUT2D eigenvalue weighted by Crippen LogP contribution is -2.28. The molecule has 0 saturated carbocycles. The van der Waals surface area contributed by atoms with Gasteiger partial charge in [0.25, 0.3) is 0 Å². The number of halogens is 2. The van der Waals surface area contributed by atoms with Crippen molar-refractivity contribution >= 4 is 47.5 Å². The summed E-state index contributed by atoms with van der Waals surface area (Å²) in [5, 5.41) is 10.5. The van der Waals surface area contributed by atoms with Crippen molar-refractivity contribution in [3.8, 4) is 11.1 Å². The molecule has 7 heteroatoms. The molecule has 0 aliphatic rings. The van der Waals surface area contributed by atoms with E-state index in [1.54, 1.807) is 0 Å². The summed E-state index contributed by atoms with van der Waals surface area (Å²) in [7, 11) is 0. The minimum absolute atomic E-state index is 0. The number of carbonyl (C=O) groups is 1. The van der Waals surface area contributed by atoms with E-state index in [1.807, 2.05) is 25.1 Å². The van der Waals surface area contributed by atoms with Crippen LogP contribution in [0, 0.1) is 12.8 Å². The first kappa shape index (κ1) is 26.7. The standard InChI is InChI=1S/C24H29N3O2.2ClH/c1-5-27(24(28)29)18-10-11-21-19(13-18)23(17-8-6-16(4)7-9-17)20(14-25)22(26-21)12-15(2)3;;/h6-11,13,15H,5,12,14,25H2,1-4H3,(H,28,29);2*1H. The number of aryl methyl sites for hydroxylation is 1. The Morgan fingerprint density at radius 2 is 1.77 bits per heavy atom. The van der Waals surface area contributed by atoms with Gasteiger partial charge < -0.3 is 10.8 Å². The maximum Gasteiger partial charge on any atom is 0.411 e. The Morgan fingerprint density at radius 3 is 2.29 bits per heavy atom. The van der Waals surface area contributed by atoms with Crippen LogP contribution in [-0.4, -0.2) is 22.7 Å². The first-order valence-corrected chi connectivity index (χ1v) is 10.1. The molecule has 3 rings (SSSR count). The molecular weight excluding hydrogens is 433 g/mol. The van der Waals surface area contributed by atoms with E-state index in [2.05, 4.69) is 45.0 Å². The van der Waals surface area contributed by atoms with Crippen LogP contribution in [0.4, 0.5) is 10.5 Å². The first-order valence-electron chi connectivity index (χ1n) is 10.1. The van der Waals surface area contributed by atoms with Gasteiger partial charge in [-0.3, -0.25) is 9.88 Å². The summed E-state index contributed by atoms with van der Waals surface area (Å²) < 4.78 is 0. The number of hydrogen-bond donors (Lipinski definition) is 2. The summed E-state index contributed by atoms with van der Waals surface area (Å²) in [4.78, 5) is 17.9. The second-order valence-corrected chi connectivity index (χ2v) is 7.81. The van der Waals surface area contributed by atoms with Crippen LogP contribution in [0.25, 0.3) is 22.0 Å². The van der Waals surface area contributed by atoms with Gasteiger partial charge in [-0.2, -0.15) is 0 Å². The minimum Gasteiger partial charge on any atom is -0.465 e. The molecule has 3 N–H and O–H groups in total. The fourth-order valence-electron chi connectivity index (χ4n) is 3.76. The van der Waals surface area contributed by atoms with Crippen LogP contribution in [0.3, 0.4) is 0 Å². The van der Waals surface area contributed by atoms with Crippen molar-refractivity contribution in [2.24, 2.45) is 11.7 Å². The van der Waals surface area contributed by atoms with Crippen LogP contribution < -0.4 is 10.6 Å². The highest BCUT2D eigenvalue weighted by Crippen LogP contribution is 2.36. The number of amides is 1. The van der Waals surface area contributed by atoms with Crippen molar-refractivity contribution in [2.75, 3.05) is 11.4 Å². The molecule has 0 aliphatic carbocycles. The smallest absolute Gasteiger partial charge is 0.411 e. The summed E-state index contributed by atoms with van der Waals surface area (Å²) in [6.45, 7) is 9.00. The van der Waals surface area contributed by atoms with Gasteiger partial charge in [-0.25, -0.2) is 4.79 Å². The second kappa shape index (κ2) is 11.3. The van der Waals surface area contributed by atoms with Crippen LogP contribution in [0.1, 0.15) is 37.6 Å². The van der Waals surface area contributed by atoms with Gasteiger partial charge in [-0.15, -0.1) is 24.8 Å². The Hall–Kier alpha value is -2.34. The fourth-order valence-corrected chi connectivity index (χ4v) is 3.76. The van der Waals surface area contributed by atoms with Crippen LogP contribution in [-0.2, 0) is 13.0 Å². The molecular formula is C24H31Cl2N3O2. The molecule has 1 heterocycles. The minimum atomic E-state index is -0.966. The van der Waals surface area contributed by atoms with Gasteiger partial charge in [0, 0.05) is 29.9 Å². The van der Waals surface area contributed by atoms with Crippen molar-refractivity contribution < 1.29 is 9.90 Å². The summed E-state index contributed by atoms with van der Waals surface area (Å²) >= 11 is 0. The molecule has 0 atom stereocenters. The van der Waals surface area contributed by atoms with E-state index in [0.717, 1.165) is 39.7 Å². The van der Waals surface area contributed by atoms with Crippen molar-refractivity contribution in [3.05, 3.63) is 59.3 Å². The molecule has 1 amide bonds. The van der Waals surface area contributed by atoms with Gasteiger partial charge in [0.1, 0.15) is 0 Å². The van der Waals surface area contributed by atoms with E-state index in [-0.39, 0.29) is 24.8 Å². The lowest BCUT2D eigenvalue weighted by atomic mass is 9.91. The maximum atomic E-state index is 11.6. The third-order valence-corrected chi connectivity index (χ3v) is 5.16. The maximum absolute atomic E-state index is 11.6. The molecule has 0 spiro atoms. The second-order valence-electron chi connectivity index (χ2n) is 7.81. The summed E-state index contributed by atoms with van der Waals surface area (Å²) in [6.07, 6.45) is -0.119. The first-order chi connectivity index (χ1) is 13.8. The highest BCUT2D eigenvalue weighted by molar-refractivity contribution is 6.00. The van der Waals surface area contributed by atoms with E-state index in [9.17, 15) is 9.90 Å². The topological polar surface area (TPSA) is 79.5 Å². The van der Waals surface area contributed by atoms with Crippen molar-refractivity contribution in [2.45, 2.75) is 40.7 Å². The number of pyridine rings is 1. The predicted octanol–water partition coefficient (Wildman–Crippen LogP) is 6.22. The highest BCUT2D eigenvalue weighted by atomic mass is 35.5. The van der Waals surface area contributed by atoms with Crippen LogP contribution in [0.5, 0.6) is 0 Å². The quantitative estimate of drug-likeness (QED) is 0.454. The van der Waals surface area contributed by atoms with Gasteiger partial charge in [-0.1, -0.05) is 43.7 Å². The largest absolute Gasteiger partial charge is 0.465 e. The predicted molar refractivity (Wildman–Crippen MR) is 134 cm³/mol. The van der Waals surface area contributed by atoms with Crippen molar-refractivity contribution in [3.63, 3.8) is 0 Å². The molecule has 0 aliphatic heterocycles. The van der Waals surface area contributed by atoms with E-state index in [0.29, 0.717) is 24.7 Å². The average molecular weight is 464 g/mol. The molecule has 2 aromatic carbocycles. The number of hydrogen-bond acceptors (Lipinski definition) is 3. The summed E-state index contributed by atoms with van der Waals surface area (Å²) in [5.74, 6) is 0.456. The third kappa shape index (κ3) is 5.67. The third-order valence-electron chi connectivity index (χ3n) is 5.16. The lowest BCUT2D eigenvalue weighted by Gasteiger charge is -2.21. The van der Waals surface area contributed by atoms with Crippen LogP contribution >= 0.6 is 24.8 Å². The Morgan fingerprint density at radius 1 is 1.13 bits per heavy atom. The van der Waals surface area contributed by atoms with Gasteiger partial charge in [0.2, 0.25) is 0 Å². The van der Waals surface area contributed by atoms with Gasteiger partial charge in [-0.05, 0) is 61.1 Å². The number of benzene rings is 2. The Kier molecular flexibility index (Phi) is 9.75. The number of fused-ring (bicyclic) bond motifs is 1. The Labute approximate surface area is 196 Å². The van der Waals surface area contributed by atoms with Gasteiger partial charge in [0.05, 0.1) is 5.52 Å². The van der Waals surface area contributed by atoms with E-state index < -0.39 is 6.09 Å². The Balaban J connectivity index is 0.00000240. The molecule has 3 aromatic rings. The van der Waals surface area contributed by atoms with E-state index >= 15 is 0 Å². The number of nitrogens with two attached hydrogens (primary N) is 1. The molecule has 0 radical (unpaired) electrons. The number of rotatable bonds is 6. The lowest BCUT2D eigenvalue weighted by molar-refractivity contribution is 0.202. The molecule has 31 heavy (non-hydrogen) atoms. The SMILES string of the molecule is CCN(C(=O)O)c1ccc2nc(CC(C)C)c(CN)c(-c3ccc(C)cc3)c2c1.Cl.Cl. The molecule has 0 fully saturated rings. The number of carboxylic acid groups (broad SMARTS) is 1. The molecule has 0 bridgehead atoms. The zero-order valence-corrected chi connectivity index (χ0v) is 20.0. The van der Waals surface area contributed by atoms with Gasteiger partial charge in [0.15, 0.2) is 0 Å². The number of aromatic nitrogens is 1. The van der Waals surface area contributed by atoms with Crippen molar-refractivity contribution in [1.29, 1.82) is 0 Å². The molecule has 1 aromatic heterocycles. The number of nitrogens with zero attached hydrogens (tertiary/aromatic N) is 2. The van der Waals surface area contributed by atoms with Crippen LogP contribution in [0.2, 0.25) is 0 Å². The zero-order valence-electron chi connectivity index (χ0n) is 18.4. The summed E-state index contributed by atoms with van der Waals surface area (Å²) in [5.41, 5.74) is 13.1. The molecule has 0 saturated heterocycles. The van der Waals surface area contributed by atoms with E-state index in [1.165, 1.54) is 10.5 Å². The number of anilines is 1. The molecule has 5 nitrogen and oxygen atoms in total. The van der Waals surface area contributed by atoms with Crippen molar-refractivity contribution in [1.82, 2.24) is 4.98 Å². The zero-order chi connectivity index (χ0) is 21.1. The monoisotopic (exact) mass is 463 g/mol. The normalized spacial score (nSPS) is 10.5. The van der Waals surface area contributed by atoms with E-state index in [4.69, 9.17) is 10.7 Å². The Bertz CT molecular complexity index is 1040. The van der Waals surface area contributed by atoms with Gasteiger partial charge >= 0.3 is 6.09 Å². The molecule has 168 valence electrons. The molecule has 0 unspecified atom stereocenters. The summed E-state index contributed by atoms with van der Waals surface area (Å²) in [6, 6.07) is 14.0. The highest BCUT2D eigenvalue weighted by Gasteiger charge is 2.19. The fraction of sp³-hybridized carbons (Fsp3) is 0.333.